The van der Waals surface area contributed by atoms with E-state index < -0.39 is 0 Å². The molecule has 2 aromatic rings. The largest absolute Gasteiger partial charge is 0.338 e. The second-order valence-electron chi connectivity index (χ2n) is 3.55. The summed E-state index contributed by atoms with van der Waals surface area (Å²) in [7, 11) is 0. The molecule has 7 heteroatoms. The summed E-state index contributed by atoms with van der Waals surface area (Å²) in [5.74, 6) is 6.97. The van der Waals surface area contributed by atoms with Crippen LogP contribution in [-0.2, 0) is 0 Å². The van der Waals surface area contributed by atoms with Gasteiger partial charge in [0.1, 0.15) is 17.5 Å². The smallest absolute Gasteiger partial charge is 0.145 e. The van der Waals surface area contributed by atoms with Gasteiger partial charge in [-0.3, -0.25) is 0 Å². The fourth-order valence-corrected chi connectivity index (χ4v) is 1.94. The minimum absolute atomic E-state index is 0.508. The third-order valence-corrected chi connectivity index (χ3v) is 2.83. The van der Waals surface area contributed by atoms with Gasteiger partial charge in [0, 0.05) is 6.07 Å². The summed E-state index contributed by atoms with van der Waals surface area (Å²) in [5.41, 5.74) is 3.07. The predicted octanol–water partition coefficient (Wildman–Crippen LogP) is 3.12. The van der Waals surface area contributed by atoms with Crippen molar-refractivity contribution >= 4 is 40.5 Å². The van der Waals surface area contributed by atoms with Crippen molar-refractivity contribution in [2.75, 3.05) is 10.7 Å². The lowest BCUT2D eigenvalue weighted by atomic mass is 10.3. The van der Waals surface area contributed by atoms with Gasteiger partial charge in [0.05, 0.1) is 15.7 Å². The summed E-state index contributed by atoms with van der Waals surface area (Å²) in [6.07, 6.45) is 0. The molecule has 0 aliphatic heterocycles. The molecule has 0 aliphatic rings. The number of aromatic nitrogens is 2. The van der Waals surface area contributed by atoms with Crippen LogP contribution in [0, 0.1) is 6.92 Å². The summed E-state index contributed by atoms with van der Waals surface area (Å²) in [5, 5.41) is 4.08. The summed E-state index contributed by atoms with van der Waals surface area (Å²) >= 11 is 12.1. The second-order valence-corrected chi connectivity index (χ2v) is 4.37. The molecule has 0 amide bonds. The van der Waals surface area contributed by atoms with Crippen molar-refractivity contribution < 1.29 is 0 Å². The fourth-order valence-electron chi connectivity index (χ4n) is 1.45. The molecule has 0 spiro atoms. The number of nitrogens with zero attached hydrogens (tertiary/aromatic N) is 2. The molecule has 1 heterocycles. The number of aryl methyl sites for hydroxylation is 1. The lowest BCUT2D eigenvalue weighted by Gasteiger charge is -2.11. The second kappa shape index (κ2) is 5.39. The van der Waals surface area contributed by atoms with Crippen LogP contribution in [0.2, 0.25) is 10.0 Å². The normalized spacial score (nSPS) is 10.2. The highest BCUT2D eigenvalue weighted by atomic mass is 35.5. The summed E-state index contributed by atoms with van der Waals surface area (Å²) in [4.78, 5) is 8.31. The molecule has 94 valence electrons. The maximum Gasteiger partial charge on any atom is 0.145 e. The van der Waals surface area contributed by atoms with E-state index in [2.05, 4.69) is 20.7 Å². The SMILES string of the molecule is Cc1nc(NN)cc(Nc2c(Cl)cccc2Cl)n1. The van der Waals surface area contributed by atoms with Crippen molar-refractivity contribution in [3.05, 3.63) is 40.1 Å². The molecule has 0 saturated heterocycles. The maximum absolute atomic E-state index is 6.06. The zero-order chi connectivity index (χ0) is 13.1. The van der Waals surface area contributed by atoms with Crippen LogP contribution in [0.4, 0.5) is 17.3 Å². The highest BCUT2D eigenvalue weighted by Gasteiger charge is 2.07. The van der Waals surface area contributed by atoms with E-state index in [9.17, 15) is 0 Å². The Morgan fingerprint density at radius 1 is 1.11 bits per heavy atom. The van der Waals surface area contributed by atoms with Gasteiger partial charge in [-0.15, -0.1) is 0 Å². The molecule has 0 bridgehead atoms. The minimum Gasteiger partial charge on any atom is -0.338 e. The molecular formula is C11H11Cl2N5. The fraction of sp³-hybridized carbons (Fsp3) is 0.0909. The number of hydrogen-bond acceptors (Lipinski definition) is 5. The van der Waals surface area contributed by atoms with Gasteiger partial charge in [0.2, 0.25) is 0 Å². The van der Waals surface area contributed by atoms with Crippen LogP contribution >= 0.6 is 23.2 Å². The molecule has 0 radical (unpaired) electrons. The van der Waals surface area contributed by atoms with Crippen LogP contribution in [0.25, 0.3) is 0 Å². The summed E-state index contributed by atoms with van der Waals surface area (Å²) in [6.45, 7) is 1.76. The number of rotatable bonds is 3. The third-order valence-electron chi connectivity index (χ3n) is 2.20. The molecule has 5 nitrogen and oxygen atoms in total. The average Bonchev–Trinajstić information content (AvgIpc) is 2.33. The van der Waals surface area contributed by atoms with Gasteiger partial charge in [-0.2, -0.15) is 0 Å². The van der Waals surface area contributed by atoms with E-state index in [0.29, 0.717) is 33.2 Å². The monoisotopic (exact) mass is 283 g/mol. The van der Waals surface area contributed by atoms with E-state index in [1.54, 1.807) is 31.2 Å². The number of anilines is 3. The molecule has 0 unspecified atom stereocenters. The van der Waals surface area contributed by atoms with Crippen LogP contribution in [0.5, 0.6) is 0 Å². The van der Waals surface area contributed by atoms with Gasteiger partial charge in [-0.1, -0.05) is 29.3 Å². The first-order valence-electron chi connectivity index (χ1n) is 5.13. The average molecular weight is 284 g/mol. The van der Waals surface area contributed by atoms with Crippen molar-refractivity contribution in [2.24, 2.45) is 5.84 Å². The number of benzene rings is 1. The van der Waals surface area contributed by atoms with Gasteiger partial charge >= 0.3 is 0 Å². The number of nitrogens with one attached hydrogen (secondary N) is 2. The Bertz CT molecular complexity index is 553. The number of hydrazine groups is 1. The zero-order valence-corrected chi connectivity index (χ0v) is 11.0. The number of para-hydroxylation sites is 1. The van der Waals surface area contributed by atoms with Crippen molar-refractivity contribution in [3.8, 4) is 0 Å². The van der Waals surface area contributed by atoms with Gasteiger partial charge in [0.25, 0.3) is 0 Å². The van der Waals surface area contributed by atoms with Crippen molar-refractivity contribution in [1.82, 2.24) is 9.97 Å². The van der Waals surface area contributed by atoms with Crippen molar-refractivity contribution in [3.63, 3.8) is 0 Å². The van der Waals surface area contributed by atoms with E-state index in [4.69, 9.17) is 29.0 Å². The first-order chi connectivity index (χ1) is 8.60. The molecule has 0 atom stereocenters. The van der Waals surface area contributed by atoms with Crippen LogP contribution in [0.3, 0.4) is 0 Å². The summed E-state index contributed by atoms with van der Waals surface area (Å²) in [6, 6.07) is 6.92. The van der Waals surface area contributed by atoms with E-state index in [-0.39, 0.29) is 0 Å². The molecule has 0 aliphatic carbocycles. The maximum atomic E-state index is 6.06. The first-order valence-corrected chi connectivity index (χ1v) is 5.89. The Kier molecular flexibility index (Phi) is 3.86. The Morgan fingerprint density at radius 3 is 2.33 bits per heavy atom. The molecule has 1 aromatic carbocycles. The van der Waals surface area contributed by atoms with Gasteiger partial charge in [-0.25, -0.2) is 15.8 Å². The van der Waals surface area contributed by atoms with E-state index in [1.165, 1.54) is 0 Å². The molecule has 2 rings (SSSR count). The highest BCUT2D eigenvalue weighted by Crippen LogP contribution is 2.32. The highest BCUT2D eigenvalue weighted by molar-refractivity contribution is 6.39. The first kappa shape index (κ1) is 12.9. The molecule has 18 heavy (non-hydrogen) atoms. The van der Waals surface area contributed by atoms with Gasteiger partial charge in [0.15, 0.2) is 0 Å². The van der Waals surface area contributed by atoms with Crippen molar-refractivity contribution in [2.45, 2.75) is 6.92 Å². The lowest BCUT2D eigenvalue weighted by Crippen LogP contribution is -2.10. The quantitative estimate of drug-likeness (QED) is 0.596. The standard InChI is InChI=1S/C11H11Cl2N5/c1-6-15-9(5-10(16-6)18-14)17-11-7(12)3-2-4-8(11)13/h2-5H,14H2,1H3,(H2,15,16,17,18). The Balaban J connectivity index is 2.37. The lowest BCUT2D eigenvalue weighted by molar-refractivity contribution is 1.05. The van der Waals surface area contributed by atoms with Crippen LogP contribution < -0.4 is 16.6 Å². The van der Waals surface area contributed by atoms with E-state index >= 15 is 0 Å². The summed E-state index contributed by atoms with van der Waals surface area (Å²) < 4.78 is 0. The van der Waals surface area contributed by atoms with Crippen LogP contribution in [0.15, 0.2) is 24.3 Å². The zero-order valence-electron chi connectivity index (χ0n) is 9.54. The number of nitrogen functional groups attached to an aromatic ring is 1. The molecule has 0 fully saturated rings. The molecule has 0 saturated carbocycles. The number of hydrogen-bond donors (Lipinski definition) is 3. The topological polar surface area (TPSA) is 75.9 Å². The Labute approximate surface area is 114 Å². The van der Waals surface area contributed by atoms with Crippen LogP contribution in [0.1, 0.15) is 5.82 Å². The Morgan fingerprint density at radius 2 is 1.72 bits per heavy atom. The Hall–Kier alpha value is -1.56. The van der Waals surface area contributed by atoms with Gasteiger partial charge < -0.3 is 10.7 Å². The molecule has 4 N–H and O–H groups in total. The number of nitrogens with two attached hydrogens (primary N) is 1. The molecule has 1 aromatic heterocycles. The molecular weight excluding hydrogens is 273 g/mol. The van der Waals surface area contributed by atoms with E-state index in [0.717, 1.165) is 0 Å². The minimum atomic E-state index is 0.508. The number of halogens is 2. The van der Waals surface area contributed by atoms with Crippen LogP contribution in [-0.4, -0.2) is 9.97 Å². The van der Waals surface area contributed by atoms with Gasteiger partial charge in [-0.05, 0) is 19.1 Å². The van der Waals surface area contributed by atoms with Crippen molar-refractivity contribution in [1.29, 1.82) is 0 Å². The predicted molar refractivity (Wildman–Crippen MR) is 74.3 cm³/mol. The third kappa shape index (κ3) is 2.81. The van der Waals surface area contributed by atoms with E-state index in [1.807, 2.05) is 0 Å².